The van der Waals surface area contributed by atoms with Crippen LogP contribution in [0.4, 0.5) is 0 Å². The summed E-state index contributed by atoms with van der Waals surface area (Å²) in [6, 6.07) is 0. The van der Waals surface area contributed by atoms with Gasteiger partial charge in [0.05, 0.1) is 11.5 Å². The number of aliphatic hydroxyl groups is 2. The summed E-state index contributed by atoms with van der Waals surface area (Å²) in [5.74, 6) is 0.609. The van der Waals surface area contributed by atoms with Gasteiger partial charge in [-0.3, -0.25) is 4.79 Å². The van der Waals surface area contributed by atoms with Gasteiger partial charge in [-0.2, -0.15) is 0 Å². The first-order valence-electron chi connectivity index (χ1n) is 9.31. The lowest BCUT2D eigenvalue weighted by Gasteiger charge is -2.60. The normalized spacial score (nSPS) is 52.4. The molecule has 0 saturated heterocycles. The zero-order valence-corrected chi connectivity index (χ0v) is 15.6. The van der Waals surface area contributed by atoms with Crippen LogP contribution in [0.5, 0.6) is 0 Å². The highest BCUT2D eigenvalue weighted by Crippen LogP contribution is 2.70. The Morgan fingerprint density at radius 2 is 1.91 bits per heavy atom. The molecule has 4 saturated carbocycles. The minimum atomic E-state index is -1.99. The van der Waals surface area contributed by atoms with E-state index in [1.807, 2.05) is 0 Å². The third kappa shape index (κ3) is 1.80. The molecule has 0 aliphatic heterocycles. The van der Waals surface area contributed by atoms with Crippen molar-refractivity contribution < 1.29 is 19.4 Å². The van der Waals surface area contributed by atoms with Gasteiger partial charge in [0.15, 0.2) is 8.32 Å². The first-order chi connectivity index (χ1) is 10.7. The van der Waals surface area contributed by atoms with E-state index in [-0.39, 0.29) is 5.92 Å². The quantitative estimate of drug-likeness (QED) is 0.760. The molecule has 5 heteroatoms. The first-order valence-corrected chi connectivity index (χ1v) is 12.7. The second kappa shape index (κ2) is 4.68. The highest BCUT2D eigenvalue weighted by Gasteiger charge is 2.79. The van der Waals surface area contributed by atoms with E-state index in [9.17, 15) is 15.0 Å². The maximum absolute atomic E-state index is 13.4. The molecule has 4 aliphatic rings. The molecular weight excluding hydrogens is 308 g/mol. The lowest BCUT2D eigenvalue weighted by molar-refractivity contribution is -0.236. The average molecular weight is 339 g/mol. The van der Waals surface area contributed by atoms with Gasteiger partial charge in [0.2, 0.25) is 0 Å². The molecule has 0 aromatic heterocycles. The molecule has 0 radical (unpaired) electrons. The van der Waals surface area contributed by atoms with Gasteiger partial charge >= 0.3 is 0 Å². The van der Waals surface area contributed by atoms with Gasteiger partial charge in [-0.25, -0.2) is 0 Å². The number of hydrogen-bond donors (Lipinski definition) is 2. The van der Waals surface area contributed by atoms with Crippen molar-refractivity contribution in [2.75, 3.05) is 0 Å². The van der Waals surface area contributed by atoms with Gasteiger partial charge < -0.3 is 14.6 Å². The number of Topliss-reactive ketones (excluding diaryl/α,β-unsaturated/α-hetero) is 1. The van der Waals surface area contributed by atoms with Gasteiger partial charge in [-0.15, -0.1) is 0 Å². The van der Waals surface area contributed by atoms with Gasteiger partial charge in [-0.05, 0) is 64.1 Å². The molecule has 2 unspecified atom stereocenters. The molecular formula is C18H30O4Si. The second-order valence-corrected chi connectivity index (χ2v) is 13.9. The summed E-state index contributed by atoms with van der Waals surface area (Å²) in [7, 11) is -1.99. The first kappa shape index (κ1) is 16.2. The van der Waals surface area contributed by atoms with E-state index in [2.05, 4.69) is 19.6 Å². The van der Waals surface area contributed by atoms with E-state index >= 15 is 0 Å². The number of carbonyl (C=O) groups excluding carboxylic acids is 1. The Balaban J connectivity index is 1.93. The predicted octanol–water partition coefficient (Wildman–Crippen LogP) is 2.63. The third-order valence-corrected chi connectivity index (χ3v) is 8.19. The number of ketones is 1. The maximum atomic E-state index is 13.4. The maximum Gasteiger partial charge on any atom is 0.184 e. The molecule has 0 heterocycles. The standard InChI is InChI=1S/C18H30O4Si/c1-23(2,3)22-18-9-7-14(19)17(18,21)11-12-10-13-6-4-5-8-16(13,18)15(12)20/h12-14,19,21H,4-11H2,1-3H3/t12-,13+,14?,16-,17?,18-/m1/s1. The summed E-state index contributed by atoms with van der Waals surface area (Å²) >= 11 is 0. The van der Waals surface area contributed by atoms with Crippen LogP contribution in [-0.4, -0.2) is 41.6 Å². The molecule has 0 aromatic carbocycles. The van der Waals surface area contributed by atoms with Crippen LogP contribution in [0.3, 0.4) is 0 Å². The molecule has 1 spiro atoms. The monoisotopic (exact) mass is 338 g/mol. The van der Waals surface area contributed by atoms with Crippen molar-refractivity contribution >= 4 is 14.1 Å². The molecule has 2 N–H and O–H groups in total. The van der Waals surface area contributed by atoms with Crippen LogP contribution >= 0.6 is 0 Å². The number of carbonyl (C=O) groups is 1. The van der Waals surface area contributed by atoms with Crippen LogP contribution in [-0.2, 0) is 9.22 Å². The van der Waals surface area contributed by atoms with Gasteiger partial charge in [0.25, 0.3) is 0 Å². The van der Waals surface area contributed by atoms with Crippen molar-refractivity contribution in [3.8, 4) is 0 Å². The van der Waals surface area contributed by atoms with Crippen molar-refractivity contribution in [2.24, 2.45) is 17.3 Å². The van der Waals surface area contributed by atoms with Gasteiger partial charge in [0, 0.05) is 5.92 Å². The molecule has 6 atom stereocenters. The third-order valence-electron chi connectivity index (χ3n) is 7.23. The highest BCUT2D eigenvalue weighted by molar-refractivity contribution is 6.69. The molecule has 2 bridgehead atoms. The van der Waals surface area contributed by atoms with E-state index in [1.54, 1.807) is 0 Å². The predicted molar refractivity (Wildman–Crippen MR) is 89.5 cm³/mol. The topological polar surface area (TPSA) is 66.8 Å². The largest absolute Gasteiger partial charge is 0.408 e. The van der Waals surface area contributed by atoms with Crippen LogP contribution in [0, 0.1) is 17.3 Å². The minimum absolute atomic E-state index is 0.0748. The summed E-state index contributed by atoms with van der Waals surface area (Å²) < 4.78 is 6.73. The van der Waals surface area contributed by atoms with Crippen LogP contribution in [0.2, 0.25) is 19.6 Å². The van der Waals surface area contributed by atoms with E-state index in [4.69, 9.17) is 4.43 Å². The average Bonchev–Trinajstić information content (AvgIpc) is 2.83. The fourth-order valence-corrected chi connectivity index (χ4v) is 8.22. The molecule has 4 aliphatic carbocycles. The fraction of sp³-hybridized carbons (Fsp3) is 0.944. The highest BCUT2D eigenvalue weighted by atomic mass is 28.4. The fourth-order valence-electron chi connectivity index (χ4n) is 6.71. The Morgan fingerprint density at radius 3 is 2.61 bits per heavy atom. The zero-order chi connectivity index (χ0) is 16.7. The number of rotatable bonds is 2. The van der Waals surface area contributed by atoms with Crippen molar-refractivity contribution in [3.63, 3.8) is 0 Å². The summed E-state index contributed by atoms with van der Waals surface area (Å²) in [5, 5.41) is 22.3. The van der Waals surface area contributed by atoms with Crippen molar-refractivity contribution in [1.29, 1.82) is 0 Å². The van der Waals surface area contributed by atoms with Crippen molar-refractivity contribution in [3.05, 3.63) is 0 Å². The number of fused-ring (bicyclic) bond motifs is 2. The Labute approximate surface area is 139 Å². The Kier molecular flexibility index (Phi) is 3.31. The molecule has 4 fully saturated rings. The van der Waals surface area contributed by atoms with Crippen molar-refractivity contribution in [1.82, 2.24) is 0 Å². The Bertz CT molecular complexity index is 544. The van der Waals surface area contributed by atoms with E-state index in [0.717, 1.165) is 25.7 Å². The number of aliphatic hydroxyl groups excluding tert-OH is 1. The summed E-state index contributed by atoms with van der Waals surface area (Å²) in [6.07, 6.45) is 5.85. The van der Waals surface area contributed by atoms with E-state index in [0.29, 0.717) is 31.0 Å². The van der Waals surface area contributed by atoms with Gasteiger partial charge in [0.1, 0.15) is 17.0 Å². The Morgan fingerprint density at radius 1 is 1.17 bits per heavy atom. The number of hydrogen-bond acceptors (Lipinski definition) is 4. The SMILES string of the molecule is C[Si](C)(C)O[C@@]12CCC(O)C1(O)C[C@H]1C[C@@H]3CCCC[C@]32C1=O. The molecule has 4 rings (SSSR count). The molecule has 0 amide bonds. The molecule has 0 aromatic rings. The zero-order valence-electron chi connectivity index (χ0n) is 14.6. The molecule has 4 nitrogen and oxygen atoms in total. The summed E-state index contributed by atoms with van der Waals surface area (Å²) in [6.45, 7) is 6.40. The second-order valence-electron chi connectivity index (χ2n) is 9.44. The van der Waals surface area contributed by atoms with E-state index in [1.165, 1.54) is 6.42 Å². The smallest absolute Gasteiger partial charge is 0.184 e. The van der Waals surface area contributed by atoms with Crippen LogP contribution in [0.25, 0.3) is 0 Å². The van der Waals surface area contributed by atoms with Crippen molar-refractivity contribution in [2.45, 2.75) is 88.3 Å². The molecule has 23 heavy (non-hydrogen) atoms. The molecule has 130 valence electrons. The van der Waals surface area contributed by atoms with Crippen LogP contribution in [0.15, 0.2) is 0 Å². The van der Waals surface area contributed by atoms with Gasteiger partial charge in [-0.1, -0.05) is 12.8 Å². The van der Waals surface area contributed by atoms with E-state index < -0.39 is 31.0 Å². The Hall–Kier alpha value is -0.233. The lowest BCUT2D eigenvalue weighted by atomic mass is 9.51. The summed E-state index contributed by atoms with van der Waals surface area (Å²) in [4.78, 5) is 13.4. The van der Waals surface area contributed by atoms with Crippen LogP contribution in [0.1, 0.15) is 51.4 Å². The van der Waals surface area contributed by atoms with Crippen LogP contribution < -0.4 is 0 Å². The lowest BCUT2D eigenvalue weighted by Crippen LogP contribution is -2.73. The minimum Gasteiger partial charge on any atom is -0.408 e. The summed E-state index contributed by atoms with van der Waals surface area (Å²) in [5.41, 5.74) is -2.63.